The van der Waals surface area contributed by atoms with Crippen molar-refractivity contribution >= 4 is 23.2 Å². The third kappa shape index (κ3) is 5.41. The zero-order valence-corrected chi connectivity index (χ0v) is 14.1. The molecule has 0 aliphatic heterocycles. The van der Waals surface area contributed by atoms with Gasteiger partial charge in [-0.15, -0.1) is 11.3 Å². The summed E-state index contributed by atoms with van der Waals surface area (Å²) < 4.78 is 5.25. The molecule has 23 heavy (non-hydrogen) atoms. The van der Waals surface area contributed by atoms with E-state index in [2.05, 4.69) is 25.9 Å². The molecule has 2 aromatic rings. The Morgan fingerprint density at radius 3 is 2.83 bits per heavy atom. The number of nitrogens with one attached hydrogen (secondary N) is 3. The molecule has 0 bridgehead atoms. The van der Waals surface area contributed by atoms with Crippen molar-refractivity contribution in [1.82, 2.24) is 20.9 Å². The van der Waals surface area contributed by atoms with E-state index in [1.807, 2.05) is 26.0 Å². The third-order valence-electron chi connectivity index (χ3n) is 2.97. The zero-order chi connectivity index (χ0) is 16.5. The average Bonchev–Trinajstić information content (AvgIpc) is 3.20. The van der Waals surface area contributed by atoms with Gasteiger partial charge in [0.1, 0.15) is 17.2 Å². The van der Waals surface area contributed by atoms with Gasteiger partial charge in [-0.05, 0) is 26.0 Å². The van der Waals surface area contributed by atoms with E-state index in [4.69, 9.17) is 4.42 Å². The van der Waals surface area contributed by atoms with Crippen LogP contribution in [0.3, 0.4) is 0 Å². The number of nitrogens with zero attached hydrogens (tertiary/aromatic N) is 2. The summed E-state index contributed by atoms with van der Waals surface area (Å²) in [6.45, 7) is 6.13. The second kappa shape index (κ2) is 8.94. The topological polar surface area (TPSA) is 91.5 Å². The second-order valence-electron chi connectivity index (χ2n) is 4.72. The molecule has 8 heteroatoms. The summed E-state index contributed by atoms with van der Waals surface area (Å²) in [4.78, 5) is 21.1. The lowest BCUT2D eigenvalue weighted by molar-refractivity contribution is 0.0957. The number of guanidine groups is 1. The summed E-state index contributed by atoms with van der Waals surface area (Å²) in [6, 6.07) is 3.72. The molecule has 2 aromatic heterocycles. The molecule has 0 saturated heterocycles. The number of carbonyl (C=O) groups excluding carboxylic acids is 1. The number of aryl methyl sites for hydroxylation is 1. The number of hydrogen-bond donors (Lipinski definition) is 3. The smallest absolute Gasteiger partial charge is 0.263 e. The molecule has 2 rings (SSSR count). The molecular formula is C15H21N5O2S. The van der Waals surface area contributed by atoms with Crippen LogP contribution in [0.4, 0.5) is 0 Å². The monoisotopic (exact) mass is 335 g/mol. The van der Waals surface area contributed by atoms with Gasteiger partial charge >= 0.3 is 0 Å². The largest absolute Gasteiger partial charge is 0.467 e. The van der Waals surface area contributed by atoms with Gasteiger partial charge in [0.05, 0.1) is 17.5 Å². The maximum atomic E-state index is 12.0. The fourth-order valence-corrected chi connectivity index (χ4v) is 2.58. The maximum absolute atomic E-state index is 12.0. The molecule has 0 radical (unpaired) electrons. The van der Waals surface area contributed by atoms with Crippen LogP contribution >= 0.6 is 11.3 Å². The van der Waals surface area contributed by atoms with E-state index in [-0.39, 0.29) is 5.91 Å². The lowest BCUT2D eigenvalue weighted by Crippen LogP contribution is -2.41. The van der Waals surface area contributed by atoms with Crippen LogP contribution < -0.4 is 16.0 Å². The summed E-state index contributed by atoms with van der Waals surface area (Å²) in [7, 11) is 0. The van der Waals surface area contributed by atoms with E-state index >= 15 is 0 Å². The molecule has 0 saturated carbocycles. The van der Waals surface area contributed by atoms with Gasteiger partial charge in [0.25, 0.3) is 5.91 Å². The predicted octanol–water partition coefficient (Wildman–Crippen LogP) is 1.53. The summed E-state index contributed by atoms with van der Waals surface area (Å²) >= 11 is 1.35. The van der Waals surface area contributed by atoms with Crippen molar-refractivity contribution in [3.63, 3.8) is 0 Å². The van der Waals surface area contributed by atoms with Crippen LogP contribution in [0, 0.1) is 6.92 Å². The van der Waals surface area contributed by atoms with Crippen LogP contribution in [0.1, 0.15) is 28.0 Å². The lowest BCUT2D eigenvalue weighted by atomic mass is 10.4. The molecule has 124 valence electrons. The normalized spacial score (nSPS) is 11.3. The molecular weight excluding hydrogens is 314 g/mol. The zero-order valence-electron chi connectivity index (χ0n) is 13.3. The highest BCUT2D eigenvalue weighted by Gasteiger charge is 2.10. The molecule has 0 unspecified atom stereocenters. The highest BCUT2D eigenvalue weighted by molar-refractivity contribution is 7.11. The highest BCUT2D eigenvalue weighted by atomic mass is 32.1. The number of thiazole rings is 1. The minimum absolute atomic E-state index is 0.0932. The number of rotatable bonds is 7. The van der Waals surface area contributed by atoms with Gasteiger partial charge in [0.15, 0.2) is 5.96 Å². The first-order chi connectivity index (χ1) is 11.2. The van der Waals surface area contributed by atoms with Crippen molar-refractivity contribution in [2.45, 2.75) is 20.4 Å². The summed E-state index contributed by atoms with van der Waals surface area (Å²) in [5.41, 5.74) is 2.43. The molecule has 0 aliphatic rings. The van der Waals surface area contributed by atoms with Gasteiger partial charge in [0, 0.05) is 19.6 Å². The van der Waals surface area contributed by atoms with E-state index in [0.29, 0.717) is 30.5 Å². The SMILES string of the molecule is CCNC(=NCc1ccco1)NCCNC(=O)c1scnc1C. The Bertz CT molecular complexity index is 636. The minimum Gasteiger partial charge on any atom is -0.467 e. The van der Waals surface area contributed by atoms with Gasteiger partial charge in [-0.3, -0.25) is 4.79 Å². The van der Waals surface area contributed by atoms with E-state index in [0.717, 1.165) is 18.0 Å². The number of carbonyl (C=O) groups is 1. The molecule has 0 aromatic carbocycles. The van der Waals surface area contributed by atoms with Crippen molar-refractivity contribution < 1.29 is 9.21 Å². The first-order valence-electron chi connectivity index (χ1n) is 7.43. The fourth-order valence-electron chi connectivity index (χ4n) is 1.86. The number of amides is 1. The molecule has 2 heterocycles. The van der Waals surface area contributed by atoms with Crippen molar-refractivity contribution in [2.24, 2.45) is 4.99 Å². The quantitative estimate of drug-likeness (QED) is 0.405. The minimum atomic E-state index is -0.0932. The van der Waals surface area contributed by atoms with Crippen LogP contribution in [0.5, 0.6) is 0 Å². The molecule has 7 nitrogen and oxygen atoms in total. The van der Waals surface area contributed by atoms with Gasteiger partial charge in [0.2, 0.25) is 0 Å². The first-order valence-corrected chi connectivity index (χ1v) is 8.31. The van der Waals surface area contributed by atoms with Crippen LogP contribution in [0.15, 0.2) is 33.3 Å². The second-order valence-corrected chi connectivity index (χ2v) is 5.58. The fraction of sp³-hybridized carbons (Fsp3) is 0.400. The van der Waals surface area contributed by atoms with Crippen LogP contribution in [-0.4, -0.2) is 36.5 Å². The standard InChI is InChI=1S/C15H21N5O2S/c1-3-16-15(19-9-12-5-4-8-22-12)18-7-6-17-14(21)13-11(2)20-10-23-13/h4-5,8,10H,3,6-7,9H2,1-2H3,(H,17,21)(H2,16,18,19). The summed E-state index contributed by atoms with van der Waals surface area (Å²) in [5.74, 6) is 1.40. The number of hydrogen-bond acceptors (Lipinski definition) is 5. The van der Waals surface area contributed by atoms with Crippen molar-refractivity contribution in [2.75, 3.05) is 19.6 Å². The summed E-state index contributed by atoms with van der Waals surface area (Å²) in [6.07, 6.45) is 1.63. The van der Waals surface area contributed by atoms with E-state index in [9.17, 15) is 4.79 Å². The van der Waals surface area contributed by atoms with Gasteiger partial charge < -0.3 is 20.4 Å². The van der Waals surface area contributed by atoms with Crippen molar-refractivity contribution in [1.29, 1.82) is 0 Å². The Labute approximate surface area is 139 Å². The first kappa shape index (κ1) is 17.0. The van der Waals surface area contributed by atoms with Crippen LogP contribution in [0.25, 0.3) is 0 Å². The lowest BCUT2D eigenvalue weighted by Gasteiger charge is -2.11. The Morgan fingerprint density at radius 1 is 1.35 bits per heavy atom. The number of aromatic nitrogens is 1. The Kier molecular flexibility index (Phi) is 6.61. The van der Waals surface area contributed by atoms with Gasteiger partial charge in [-0.2, -0.15) is 0 Å². The van der Waals surface area contributed by atoms with Gasteiger partial charge in [-0.25, -0.2) is 9.98 Å². The Morgan fingerprint density at radius 2 is 2.17 bits per heavy atom. The molecule has 0 aliphatic carbocycles. The molecule has 0 fully saturated rings. The number of aliphatic imine (C=N–C) groups is 1. The Hall–Kier alpha value is -2.35. The van der Waals surface area contributed by atoms with Crippen LogP contribution in [-0.2, 0) is 6.54 Å². The number of furan rings is 1. The molecule has 0 atom stereocenters. The van der Waals surface area contributed by atoms with Crippen molar-refractivity contribution in [3.8, 4) is 0 Å². The van der Waals surface area contributed by atoms with Crippen molar-refractivity contribution in [3.05, 3.63) is 40.2 Å². The Balaban J connectivity index is 1.74. The molecule has 0 spiro atoms. The van der Waals surface area contributed by atoms with E-state index in [1.165, 1.54) is 11.3 Å². The maximum Gasteiger partial charge on any atom is 0.263 e. The predicted molar refractivity (Wildman–Crippen MR) is 90.7 cm³/mol. The molecule has 1 amide bonds. The average molecular weight is 335 g/mol. The van der Waals surface area contributed by atoms with E-state index in [1.54, 1.807) is 11.8 Å². The van der Waals surface area contributed by atoms with Gasteiger partial charge in [-0.1, -0.05) is 0 Å². The van der Waals surface area contributed by atoms with Crippen LogP contribution in [0.2, 0.25) is 0 Å². The highest BCUT2D eigenvalue weighted by Crippen LogP contribution is 2.11. The third-order valence-corrected chi connectivity index (χ3v) is 3.90. The van der Waals surface area contributed by atoms with E-state index < -0.39 is 0 Å². The summed E-state index contributed by atoms with van der Waals surface area (Å²) in [5, 5.41) is 9.18. The molecule has 3 N–H and O–H groups in total.